The van der Waals surface area contributed by atoms with Crippen LogP contribution in [0.4, 0.5) is 0 Å². The molecule has 1 aliphatic carbocycles. The van der Waals surface area contributed by atoms with Gasteiger partial charge in [0, 0.05) is 18.5 Å². The monoisotopic (exact) mass is 442 g/mol. The predicted molar refractivity (Wildman–Crippen MR) is 123 cm³/mol. The number of ether oxygens (including phenoxy) is 1. The minimum Gasteiger partial charge on any atom is -0.495 e. The number of aliphatic hydroxyl groups excluding tert-OH is 1. The summed E-state index contributed by atoms with van der Waals surface area (Å²) >= 11 is 6.28. The van der Waals surface area contributed by atoms with Gasteiger partial charge in [-0.2, -0.15) is 0 Å². The SMILES string of the molecule is COc1c(Cl)cccc1C(O)C(CN1CCCC1)NC(=O)CC1Cc2ccccc2C1. The first-order chi connectivity index (χ1) is 15.0. The number of nitrogens with one attached hydrogen (secondary N) is 1. The molecule has 0 radical (unpaired) electrons. The van der Waals surface area contributed by atoms with E-state index >= 15 is 0 Å². The fourth-order valence-electron chi connectivity index (χ4n) is 4.98. The van der Waals surface area contributed by atoms with Crippen LogP contribution in [0, 0.1) is 5.92 Å². The Hall–Kier alpha value is -2.08. The van der Waals surface area contributed by atoms with Gasteiger partial charge in [0.1, 0.15) is 11.9 Å². The Kier molecular flexibility index (Phi) is 7.16. The van der Waals surface area contributed by atoms with Crippen molar-refractivity contribution in [2.24, 2.45) is 5.92 Å². The van der Waals surface area contributed by atoms with Crippen molar-refractivity contribution in [3.05, 3.63) is 64.2 Å². The molecule has 2 atom stereocenters. The van der Waals surface area contributed by atoms with E-state index in [1.165, 1.54) is 11.1 Å². The normalized spacial score (nSPS) is 18.5. The van der Waals surface area contributed by atoms with Crippen LogP contribution in [0.15, 0.2) is 42.5 Å². The number of fused-ring (bicyclic) bond motifs is 1. The second-order valence-corrected chi connectivity index (χ2v) is 9.14. The lowest BCUT2D eigenvalue weighted by atomic mass is 9.98. The van der Waals surface area contributed by atoms with E-state index in [1.54, 1.807) is 19.2 Å². The average Bonchev–Trinajstić information content (AvgIpc) is 3.41. The molecule has 2 N–H and O–H groups in total. The fourth-order valence-corrected chi connectivity index (χ4v) is 5.24. The van der Waals surface area contributed by atoms with Crippen molar-refractivity contribution < 1.29 is 14.6 Å². The molecule has 1 saturated heterocycles. The summed E-state index contributed by atoms with van der Waals surface area (Å²) in [5.41, 5.74) is 3.29. The summed E-state index contributed by atoms with van der Waals surface area (Å²) in [6, 6.07) is 13.3. The largest absolute Gasteiger partial charge is 0.495 e. The number of halogens is 1. The van der Waals surface area contributed by atoms with E-state index in [0.717, 1.165) is 38.8 Å². The van der Waals surface area contributed by atoms with Crippen LogP contribution in [0.3, 0.4) is 0 Å². The number of likely N-dealkylation sites (tertiary alicyclic amines) is 1. The number of carbonyl (C=O) groups excluding carboxylic acids is 1. The number of nitrogens with zero attached hydrogens (tertiary/aromatic N) is 1. The second-order valence-electron chi connectivity index (χ2n) is 8.74. The van der Waals surface area contributed by atoms with Gasteiger partial charge >= 0.3 is 0 Å². The van der Waals surface area contributed by atoms with Crippen LogP contribution in [0.2, 0.25) is 5.02 Å². The Morgan fingerprint density at radius 1 is 1.16 bits per heavy atom. The van der Waals surface area contributed by atoms with Crippen LogP contribution in [-0.4, -0.2) is 48.7 Å². The van der Waals surface area contributed by atoms with E-state index in [2.05, 4.69) is 34.5 Å². The Bertz CT molecular complexity index is 888. The summed E-state index contributed by atoms with van der Waals surface area (Å²) in [4.78, 5) is 15.3. The van der Waals surface area contributed by atoms with Crippen molar-refractivity contribution in [2.75, 3.05) is 26.7 Å². The summed E-state index contributed by atoms with van der Waals surface area (Å²) in [6.07, 6.45) is 3.73. The molecule has 0 aromatic heterocycles. The predicted octanol–water partition coefficient (Wildman–Crippen LogP) is 3.77. The highest BCUT2D eigenvalue weighted by atomic mass is 35.5. The van der Waals surface area contributed by atoms with E-state index in [1.807, 2.05) is 6.07 Å². The zero-order valence-corrected chi connectivity index (χ0v) is 18.8. The molecule has 0 saturated carbocycles. The lowest BCUT2D eigenvalue weighted by Crippen LogP contribution is -2.47. The third-order valence-electron chi connectivity index (χ3n) is 6.51. The van der Waals surface area contributed by atoms with E-state index in [-0.39, 0.29) is 5.91 Å². The number of para-hydroxylation sites is 1. The highest BCUT2D eigenvalue weighted by Crippen LogP contribution is 2.34. The van der Waals surface area contributed by atoms with Gasteiger partial charge in [-0.05, 0) is 61.9 Å². The highest BCUT2D eigenvalue weighted by molar-refractivity contribution is 6.32. The van der Waals surface area contributed by atoms with Crippen molar-refractivity contribution in [3.8, 4) is 5.75 Å². The molecule has 1 amide bonds. The Morgan fingerprint density at radius 2 is 1.84 bits per heavy atom. The Morgan fingerprint density at radius 3 is 2.48 bits per heavy atom. The molecule has 1 fully saturated rings. The Balaban J connectivity index is 1.46. The number of hydrogen-bond acceptors (Lipinski definition) is 4. The molecule has 4 rings (SSSR count). The van der Waals surface area contributed by atoms with Gasteiger partial charge < -0.3 is 20.1 Å². The number of aliphatic hydroxyl groups is 1. The minimum atomic E-state index is -0.904. The maximum atomic E-state index is 13.0. The smallest absolute Gasteiger partial charge is 0.220 e. The van der Waals surface area contributed by atoms with E-state index in [4.69, 9.17) is 16.3 Å². The molecule has 2 unspecified atom stereocenters. The van der Waals surface area contributed by atoms with Crippen LogP contribution in [0.5, 0.6) is 5.75 Å². The van der Waals surface area contributed by atoms with Crippen molar-refractivity contribution in [1.29, 1.82) is 0 Å². The first-order valence-corrected chi connectivity index (χ1v) is 11.5. The molecule has 2 aromatic rings. The number of hydrogen-bond donors (Lipinski definition) is 2. The zero-order valence-electron chi connectivity index (χ0n) is 18.0. The van der Waals surface area contributed by atoms with Crippen LogP contribution < -0.4 is 10.1 Å². The van der Waals surface area contributed by atoms with E-state index in [9.17, 15) is 9.90 Å². The first-order valence-electron chi connectivity index (χ1n) is 11.1. The topological polar surface area (TPSA) is 61.8 Å². The maximum Gasteiger partial charge on any atom is 0.220 e. The van der Waals surface area contributed by atoms with Crippen LogP contribution in [0.25, 0.3) is 0 Å². The second kappa shape index (κ2) is 10.0. The fraction of sp³-hybridized carbons (Fsp3) is 0.480. The molecule has 1 heterocycles. The molecule has 1 aliphatic heterocycles. The summed E-state index contributed by atoms with van der Waals surface area (Å²) in [5, 5.41) is 14.8. The maximum absolute atomic E-state index is 13.0. The van der Waals surface area contributed by atoms with Gasteiger partial charge in [0.2, 0.25) is 5.91 Å². The highest BCUT2D eigenvalue weighted by Gasteiger charge is 2.30. The summed E-state index contributed by atoms with van der Waals surface area (Å²) < 4.78 is 5.45. The van der Waals surface area contributed by atoms with Gasteiger partial charge in [-0.25, -0.2) is 0 Å². The van der Waals surface area contributed by atoms with Crippen LogP contribution in [-0.2, 0) is 17.6 Å². The quantitative estimate of drug-likeness (QED) is 0.653. The number of benzene rings is 2. The minimum absolute atomic E-state index is 0.0120. The van der Waals surface area contributed by atoms with E-state index < -0.39 is 12.1 Å². The van der Waals surface area contributed by atoms with Gasteiger partial charge in [-0.1, -0.05) is 48.0 Å². The lowest BCUT2D eigenvalue weighted by Gasteiger charge is -2.30. The average molecular weight is 443 g/mol. The number of amides is 1. The zero-order chi connectivity index (χ0) is 21.8. The number of carbonyl (C=O) groups is 1. The van der Waals surface area contributed by atoms with Crippen LogP contribution in [0.1, 0.15) is 42.1 Å². The first kappa shape index (κ1) is 22.1. The summed E-state index contributed by atoms with van der Waals surface area (Å²) in [5.74, 6) is 0.758. The Labute approximate surface area is 189 Å². The third-order valence-corrected chi connectivity index (χ3v) is 6.81. The molecule has 0 bridgehead atoms. The molecular weight excluding hydrogens is 412 g/mol. The molecule has 6 heteroatoms. The molecule has 2 aromatic carbocycles. The van der Waals surface area contributed by atoms with Crippen molar-refractivity contribution in [2.45, 2.75) is 44.2 Å². The summed E-state index contributed by atoms with van der Waals surface area (Å²) in [6.45, 7) is 2.58. The molecule has 166 valence electrons. The van der Waals surface area contributed by atoms with Gasteiger partial charge in [0.05, 0.1) is 18.2 Å². The third kappa shape index (κ3) is 5.22. The van der Waals surface area contributed by atoms with Crippen molar-refractivity contribution in [1.82, 2.24) is 10.2 Å². The molecular formula is C25H31ClN2O3. The molecule has 31 heavy (non-hydrogen) atoms. The molecule has 2 aliphatic rings. The van der Waals surface area contributed by atoms with Gasteiger partial charge in [0.15, 0.2) is 0 Å². The standard InChI is InChI=1S/C25H31ClN2O3/c1-31-25-20(9-6-10-21(25)26)24(30)22(16-28-11-4-5-12-28)27-23(29)15-17-13-18-7-2-3-8-19(18)14-17/h2-3,6-10,17,22,24,30H,4-5,11-16H2,1H3,(H,27,29). The molecule has 5 nitrogen and oxygen atoms in total. The van der Waals surface area contributed by atoms with Gasteiger partial charge in [0.25, 0.3) is 0 Å². The lowest BCUT2D eigenvalue weighted by molar-refractivity contribution is -0.123. The van der Waals surface area contributed by atoms with E-state index in [0.29, 0.717) is 35.2 Å². The number of rotatable bonds is 8. The van der Waals surface area contributed by atoms with Crippen LogP contribution >= 0.6 is 11.6 Å². The van der Waals surface area contributed by atoms with Crippen molar-refractivity contribution in [3.63, 3.8) is 0 Å². The van der Waals surface area contributed by atoms with Gasteiger partial charge in [-0.15, -0.1) is 0 Å². The van der Waals surface area contributed by atoms with Gasteiger partial charge in [-0.3, -0.25) is 4.79 Å². The van der Waals surface area contributed by atoms with Crippen molar-refractivity contribution >= 4 is 17.5 Å². The summed E-state index contributed by atoms with van der Waals surface area (Å²) in [7, 11) is 1.54. The molecule has 0 spiro atoms. The number of methoxy groups -OCH3 is 1.